The SMILES string of the molecule is CSc1ccc(C(=O)NCCNc2nc(C)cc(N3CCCCC3)n2)cc1. The van der Waals surface area contributed by atoms with E-state index in [9.17, 15) is 4.79 Å². The van der Waals surface area contributed by atoms with Crippen LogP contribution in [-0.4, -0.2) is 48.3 Å². The fraction of sp³-hybridized carbons (Fsp3) is 0.450. The number of hydrogen-bond acceptors (Lipinski definition) is 6. The molecule has 1 aromatic carbocycles. The molecule has 0 aliphatic carbocycles. The summed E-state index contributed by atoms with van der Waals surface area (Å²) in [7, 11) is 0. The molecule has 0 atom stereocenters. The van der Waals surface area contributed by atoms with Gasteiger partial charge in [0.15, 0.2) is 0 Å². The Morgan fingerprint density at radius 2 is 1.85 bits per heavy atom. The number of amides is 1. The Hall–Kier alpha value is -2.28. The second-order valence-electron chi connectivity index (χ2n) is 6.65. The number of carbonyl (C=O) groups is 1. The molecule has 27 heavy (non-hydrogen) atoms. The van der Waals surface area contributed by atoms with Gasteiger partial charge in [0.05, 0.1) is 0 Å². The third-order valence-electron chi connectivity index (χ3n) is 4.57. The van der Waals surface area contributed by atoms with Gasteiger partial charge in [-0.05, 0) is 56.7 Å². The Morgan fingerprint density at radius 1 is 1.11 bits per heavy atom. The maximum atomic E-state index is 12.2. The first-order valence-corrected chi connectivity index (χ1v) is 10.6. The fourth-order valence-corrected chi connectivity index (χ4v) is 3.52. The minimum absolute atomic E-state index is 0.0661. The quantitative estimate of drug-likeness (QED) is 0.563. The lowest BCUT2D eigenvalue weighted by molar-refractivity contribution is 0.0955. The average molecular weight is 386 g/mol. The van der Waals surface area contributed by atoms with Crippen molar-refractivity contribution < 1.29 is 4.79 Å². The van der Waals surface area contributed by atoms with E-state index in [2.05, 4.69) is 25.5 Å². The van der Waals surface area contributed by atoms with Crippen molar-refractivity contribution >= 4 is 29.4 Å². The molecular formula is C20H27N5OS. The Labute approximate surface area is 165 Å². The number of nitrogens with zero attached hydrogens (tertiary/aromatic N) is 3. The first kappa shape index (κ1) is 19.5. The van der Waals surface area contributed by atoms with Gasteiger partial charge in [-0.2, -0.15) is 4.98 Å². The van der Waals surface area contributed by atoms with Crippen molar-refractivity contribution in [1.82, 2.24) is 15.3 Å². The Bertz CT molecular complexity index is 759. The predicted octanol–water partition coefficient (Wildman–Crippen LogP) is 3.34. The number of anilines is 2. The van der Waals surface area contributed by atoms with Gasteiger partial charge in [-0.3, -0.25) is 4.79 Å². The number of thioether (sulfide) groups is 1. The topological polar surface area (TPSA) is 70.2 Å². The molecule has 0 radical (unpaired) electrons. The van der Waals surface area contributed by atoms with Crippen LogP contribution in [0.3, 0.4) is 0 Å². The van der Waals surface area contributed by atoms with Crippen LogP contribution in [-0.2, 0) is 0 Å². The standard InChI is InChI=1S/C20H27N5OS/c1-15-14-18(25-12-4-3-5-13-25)24-20(23-15)22-11-10-21-19(26)16-6-8-17(27-2)9-7-16/h6-9,14H,3-5,10-13H2,1-2H3,(H,21,26)(H,22,23,24). The number of hydrogen-bond donors (Lipinski definition) is 2. The summed E-state index contributed by atoms with van der Waals surface area (Å²) in [5, 5.41) is 6.15. The Kier molecular flexibility index (Phi) is 6.92. The van der Waals surface area contributed by atoms with Crippen molar-refractivity contribution in [2.45, 2.75) is 31.1 Å². The van der Waals surface area contributed by atoms with Gasteiger partial charge in [0, 0.05) is 48.4 Å². The molecule has 0 saturated carbocycles. The maximum Gasteiger partial charge on any atom is 0.251 e. The monoisotopic (exact) mass is 385 g/mol. The fourth-order valence-electron chi connectivity index (χ4n) is 3.11. The second kappa shape index (κ2) is 9.60. The molecule has 1 aromatic heterocycles. The van der Waals surface area contributed by atoms with E-state index in [-0.39, 0.29) is 5.91 Å². The molecule has 2 N–H and O–H groups in total. The van der Waals surface area contributed by atoms with Crippen LogP contribution in [0.2, 0.25) is 0 Å². The van der Waals surface area contributed by atoms with Gasteiger partial charge in [0.1, 0.15) is 5.82 Å². The summed E-state index contributed by atoms with van der Waals surface area (Å²) in [4.78, 5) is 24.8. The molecule has 3 rings (SSSR count). The number of benzene rings is 1. The van der Waals surface area contributed by atoms with Crippen molar-refractivity contribution in [2.75, 3.05) is 42.7 Å². The summed E-state index contributed by atoms with van der Waals surface area (Å²) in [5.74, 6) is 1.54. The van der Waals surface area contributed by atoms with Gasteiger partial charge in [0.2, 0.25) is 5.95 Å². The van der Waals surface area contributed by atoms with E-state index in [0.29, 0.717) is 24.6 Å². The smallest absolute Gasteiger partial charge is 0.251 e. The Morgan fingerprint density at radius 3 is 2.56 bits per heavy atom. The molecular weight excluding hydrogens is 358 g/mol. The van der Waals surface area contributed by atoms with Crippen LogP contribution < -0.4 is 15.5 Å². The summed E-state index contributed by atoms with van der Waals surface area (Å²) in [6.07, 6.45) is 5.75. The molecule has 144 valence electrons. The van der Waals surface area contributed by atoms with E-state index in [4.69, 9.17) is 0 Å². The lowest BCUT2D eigenvalue weighted by atomic mass is 10.1. The van der Waals surface area contributed by atoms with Crippen molar-refractivity contribution in [3.05, 3.63) is 41.6 Å². The van der Waals surface area contributed by atoms with Gasteiger partial charge in [-0.25, -0.2) is 4.98 Å². The van der Waals surface area contributed by atoms with Crippen molar-refractivity contribution in [3.63, 3.8) is 0 Å². The highest BCUT2D eigenvalue weighted by Gasteiger charge is 2.13. The molecule has 2 heterocycles. The second-order valence-corrected chi connectivity index (χ2v) is 7.53. The maximum absolute atomic E-state index is 12.2. The zero-order valence-corrected chi connectivity index (χ0v) is 16.8. The minimum atomic E-state index is -0.0661. The lowest BCUT2D eigenvalue weighted by Crippen LogP contribution is -2.31. The molecule has 7 heteroatoms. The number of piperidine rings is 1. The molecule has 1 amide bonds. The molecule has 0 unspecified atom stereocenters. The van der Waals surface area contributed by atoms with E-state index in [1.54, 1.807) is 11.8 Å². The molecule has 1 aliphatic heterocycles. The third kappa shape index (κ3) is 5.60. The number of carbonyl (C=O) groups excluding carboxylic acids is 1. The van der Waals surface area contributed by atoms with E-state index in [1.807, 2.05) is 43.5 Å². The summed E-state index contributed by atoms with van der Waals surface area (Å²) in [6, 6.07) is 9.66. The van der Waals surface area contributed by atoms with Crippen molar-refractivity contribution in [1.29, 1.82) is 0 Å². The predicted molar refractivity (Wildman–Crippen MR) is 112 cm³/mol. The van der Waals surface area contributed by atoms with Crippen molar-refractivity contribution in [3.8, 4) is 0 Å². The Balaban J connectivity index is 1.49. The van der Waals surface area contributed by atoms with Crippen molar-refractivity contribution in [2.24, 2.45) is 0 Å². The van der Waals surface area contributed by atoms with Gasteiger partial charge in [-0.1, -0.05) is 0 Å². The normalized spacial score (nSPS) is 14.1. The molecule has 6 nitrogen and oxygen atoms in total. The molecule has 2 aromatic rings. The van der Waals surface area contributed by atoms with Crippen LogP contribution in [0.15, 0.2) is 35.2 Å². The van der Waals surface area contributed by atoms with Gasteiger partial charge in [0.25, 0.3) is 5.91 Å². The van der Waals surface area contributed by atoms with Crippen LogP contribution in [0.1, 0.15) is 35.3 Å². The molecule has 0 bridgehead atoms. The number of aromatic nitrogens is 2. The summed E-state index contributed by atoms with van der Waals surface area (Å²) in [5.41, 5.74) is 1.62. The number of aryl methyl sites for hydroxylation is 1. The van der Waals surface area contributed by atoms with E-state index >= 15 is 0 Å². The van der Waals surface area contributed by atoms with E-state index < -0.39 is 0 Å². The van der Waals surface area contributed by atoms with Gasteiger partial charge >= 0.3 is 0 Å². The number of rotatable bonds is 7. The summed E-state index contributed by atoms with van der Waals surface area (Å²) in [6.45, 7) is 5.19. The lowest BCUT2D eigenvalue weighted by Gasteiger charge is -2.28. The first-order valence-electron chi connectivity index (χ1n) is 9.42. The van der Waals surface area contributed by atoms with Crippen LogP contribution in [0.4, 0.5) is 11.8 Å². The average Bonchev–Trinajstić information content (AvgIpc) is 2.71. The molecule has 1 fully saturated rings. The van der Waals surface area contributed by atoms with Crippen LogP contribution in [0.25, 0.3) is 0 Å². The highest BCUT2D eigenvalue weighted by Crippen LogP contribution is 2.19. The van der Waals surface area contributed by atoms with E-state index in [1.165, 1.54) is 19.3 Å². The van der Waals surface area contributed by atoms with Gasteiger partial charge in [-0.15, -0.1) is 11.8 Å². The highest BCUT2D eigenvalue weighted by atomic mass is 32.2. The van der Waals surface area contributed by atoms with Crippen LogP contribution in [0, 0.1) is 6.92 Å². The summed E-state index contributed by atoms with van der Waals surface area (Å²) >= 11 is 1.66. The van der Waals surface area contributed by atoms with Crippen LogP contribution in [0.5, 0.6) is 0 Å². The third-order valence-corrected chi connectivity index (χ3v) is 5.31. The van der Waals surface area contributed by atoms with Crippen LogP contribution >= 0.6 is 11.8 Å². The molecule has 0 spiro atoms. The summed E-state index contributed by atoms with van der Waals surface area (Å²) < 4.78 is 0. The largest absolute Gasteiger partial charge is 0.356 e. The zero-order valence-electron chi connectivity index (χ0n) is 16.0. The molecule has 1 aliphatic rings. The zero-order chi connectivity index (χ0) is 19.1. The highest BCUT2D eigenvalue weighted by molar-refractivity contribution is 7.98. The molecule has 1 saturated heterocycles. The number of nitrogens with one attached hydrogen (secondary N) is 2. The van der Waals surface area contributed by atoms with Gasteiger partial charge < -0.3 is 15.5 Å². The first-order chi connectivity index (χ1) is 13.2. The minimum Gasteiger partial charge on any atom is -0.356 e. The van der Waals surface area contributed by atoms with E-state index in [0.717, 1.165) is 29.5 Å².